The molecular formula is C21H21NO2. The van der Waals surface area contributed by atoms with Gasteiger partial charge in [0.1, 0.15) is 18.1 Å². The van der Waals surface area contributed by atoms with E-state index in [-0.39, 0.29) is 0 Å². The van der Waals surface area contributed by atoms with Gasteiger partial charge in [-0.25, -0.2) is 0 Å². The first-order valence-electron chi connectivity index (χ1n) is 7.94. The van der Waals surface area contributed by atoms with Crippen LogP contribution in [0.15, 0.2) is 72.8 Å². The van der Waals surface area contributed by atoms with Crippen molar-refractivity contribution in [2.75, 3.05) is 7.11 Å². The first kappa shape index (κ1) is 16.1. The molecule has 3 aromatic carbocycles. The molecule has 3 heteroatoms. The van der Waals surface area contributed by atoms with E-state index in [1.165, 1.54) is 0 Å². The molecule has 2 N–H and O–H groups in total. The summed E-state index contributed by atoms with van der Waals surface area (Å²) in [4.78, 5) is 0. The molecule has 0 unspecified atom stereocenters. The highest BCUT2D eigenvalue weighted by Gasteiger charge is 2.06. The number of rotatable bonds is 6. The summed E-state index contributed by atoms with van der Waals surface area (Å²) in [7, 11) is 1.67. The number of ether oxygens (including phenoxy) is 2. The Morgan fingerprint density at radius 1 is 0.833 bits per heavy atom. The third kappa shape index (κ3) is 3.76. The molecule has 0 saturated heterocycles. The topological polar surface area (TPSA) is 44.5 Å². The zero-order chi connectivity index (χ0) is 16.8. The molecule has 0 aliphatic rings. The fourth-order valence-corrected chi connectivity index (χ4v) is 2.58. The normalized spacial score (nSPS) is 10.4. The van der Waals surface area contributed by atoms with Gasteiger partial charge in [0.25, 0.3) is 0 Å². The first-order valence-corrected chi connectivity index (χ1v) is 7.94. The Balaban J connectivity index is 1.79. The molecule has 0 atom stereocenters. The van der Waals surface area contributed by atoms with Crippen molar-refractivity contribution < 1.29 is 9.47 Å². The lowest BCUT2D eigenvalue weighted by molar-refractivity contribution is 0.303. The van der Waals surface area contributed by atoms with E-state index in [2.05, 4.69) is 12.1 Å². The summed E-state index contributed by atoms with van der Waals surface area (Å²) in [6.07, 6.45) is 0. The molecule has 3 nitrogen and oxygen atoms in total. The van der Waals surface area contributed by atoms with Crippen LogP contribution >= 0.6 is 0 Å². The van der Waals surface area contributed by atoms with E-state index < -0.39 is 0 Å². The monoisotopic (exact) mass is 319 g/mol. The lowest BCUT2D eigenvalue weighted by atomic mass is 10.0. The molecule has 0 fully saturated rings. The molecule has 0 radical (unpaired) electrons. The summed E-state index contributed by atoms with van der Waals surface area (Å²) in [5, 5.41) is 0. The molecular weight excluding hydrogens is 298 g/mol. The van der Waals surface area contributed by atoms with Gasteiger partial charge in [0.15, 0.2) is 0 Å². The molecule has 0 amide bonds. The predicted octanol–water partition coefficient (Wildman–Crippen LogP) is 4.40. The van der Waals surface area contributed by atoms with Crippen molar-refractivity contribution in [3.05, 3.63) is 83.9 Å². The van der Waals surface area contributed by atoms with Gasteiger partial charge in [0, 0.05) is 12.1 Å². The van der Waals surface area contributed by atoms with Gasteiger partial charge in [0.05, 0.1) is 7.11 Å². The SMILES string of the molecule is COc1ccc(-c2ccc(OCc3ccccc3)c(CN)c2)cc1. The van der Waals surface area contributed by atoms with Crippen molar-refractivity contribution in [1.82, 2.24) is 0 Å². The summed E-state index contributed by atoms with van der Waals surface area (Å²) in [5.74, 6) is 1.68. The number of nitrogens with two attached hydrogens (primary N) is 1. The fraction of sp³-hybridized carbons (Fsp3) is 0.143. The molecule has 0 aromatic heterocycles. The molecule has 3 aromatic rings. The van der Waals surface area contributed by atoms with Crippen LogP contribution in [0.4, 0.5) is 0 Å². The van der Waals surface area contributed by atoms with Crippen LogP contribution in [-0.2, 0) is 13.2 Å². The van der Waals surface area contributed by atoms with Crippen LogP contribution in [-0.4, -0.2) is 7.11 Å². The lowest BCUT2D eigenvalue weighted by Gasteiger charge is -2.13. The fourth-order valence-electron chi connectivity index (χ4n) is 2.58. The molecule has 24 heavy (non-hydrogen) atoms. The maximum absolute atomic E-state index is 5.94. The zero-order valence-corrected chi connectivity index (χ0v) is 13.7. The van der Waals surface area contributed by atoms with Crippen LogP contribution in [0.2, 0.25) is 0 Å². The average molecular weight is 319 g/mol. The standard InChI is InChI=1S/C21H21NO2/c1-23-20-10-7-17(8-11-20)18-9-12-21(19(13-18)14-22)24-15-16-5-3-2-4-6-16/h2-13H,14-15,22H2,1H3. The summed E-state index contributed by atoms with van der Waals surface area (Å²) < 4.78 is 11.1. The molecule has 0 aliphatic heterocycles. The number of methoxy groups -OCH3 is 1. The second kappa shape index (κ2) is 7.66. The van der Waals surface area contributed by atoms with Crippen molar-refractivity contribution >= 4 is 0 Å². The van der Waals surface area contributed by atoms with Crippen molar-refractivity contribution in [2.45, 2.75) is 13.2 Å². The van der Waals surface area contributed by atoms with Gasteiger partial charge in [-0.1, -0.05) is 48.5 Å². The first-order chi connectivity index (χ1) is 11.8. The van der Waals surface area contributed by atoms with Gasteiger partial charge in [-0.15, -0.1) is 0 Å². The minimum atomic E-state index is 0.439. The van der Waals surface area contributed by atoms with Gasteiger partial charge in [-0.05, 0) is 41.0 Å². The van der Waals surface area contributed by atoms with E-state index in [0.717, 1.165) is 33.8 Å². The Hall–Kier alpha value is -2.78. The van der Waals surface area contributed by atoms with E-state index >= 15 is 0 Å². The van der Waals surface area contributed by atoms with Crippen LogP contribution in [0.3, 0.4) is 0 Å². The Kier molecular flexibility index (Phi) is 5.14. The van der Waals surface area contributed by atoms with Gasteiger partial charge >= 0.3 is 0 Å². The number of hydrogen-bond acceptors (Lipinski definition) is 3. The summed E-state index contributed by atoms with van der Waals surface area (Å²) in [6, 6.07) is 24.2. The van der Waals surface area contributed by atoms with Gasteiger partial charge in [0.2, 0.25) is 0 Å². The van der Waals surface area contributed by atoms with Crippen molar-refractivity contribution in [3.63, 3.8) is 0 Å². The molecule has 0 heterocycles. The van der Waals surface area contributed by atoms with E-state index in [9.17, 15) is 0 Å². The Morgan fingerprint density at radius 2 is 1.54 bits per heavy atom. The maximum Gasteiger partial charge on any atom is 0.124 e. The summed E-state index contributed by atoms with van der Waals surface area (Å²) in [6.45, 7) is 0.976. The highest BCUT2D eigenvalue weighted by Crippen LogP contribution is 2.28. The predicted molar refractivity (Wildman–Crippen MR) is 97.1 cm³/mol. The Labute approximate surface area is 142 Å². The van der Waals surface area contributed by atoms with Gasteiger partial charge in [-0.2, -0.15) is 0 Å². The van der Waals surface area contributed by atoms with Gasteiger partial charge in [-0.3, -0.25) is 0 Å². The average Bonchev–Trinajstić information content (AvgIpc) is 2.67. The summed E-state index contributed by atoms with van der Waals surface area (Å²) >= 11 is 0. The van der Waals surface area contributed by atoms with E-state index in [0.29, 0.717) is 13.2 Å². The van der Waals surface area contributed by atoms with Crippen LogP contribution < -0.4 is 15.2 Å². The quantitative estimate of drug-likeness (QED) is 0.732. The van der Waals surface area contributed by atoms with Crippen molar-refractivity contribution in [2.24, 2.45) is 5.73 Å². The molecule has 3 rings (SSSR count). The highest BCUT2D eigenvalue weighted by molar-refractivity contribution is 5.66. The zero-order valence-electron chi connectivity index (χ0n) is 13.7. The van der Waals surface area contributed by atoms with Crippen molar-refractivity contribution in [1.29, 1.82) is 0 Å². The van der Waals surface area contributed by atoms with Crippen molar-refractivity contribution in [3.8, 4) is 22.6 Å². The largest absolute Gasteiger partial charge is 0.497 e. The smallest absolute Gasteiger partial charge is 0.124 e. The molecule has 0 bridgehead atoms. The third-order valence-corrected chi connectivity index (χ3v) is 3.94. The Morgan fingerprint density at radius 3 is 2.21 bits per heavy atom. The molecule has 0 saturated carbocycles. The second-order valence-corrected chi connectivity index (χ2v) is 5.53. The third-order valence-electron chi connectivity index (χ3n) is 3.94. The number of benzene rings is 3. The van der Waals surface area contributed by atoms with Crippen LogP contribution in [0.25, 0.3) is 11.1 Å². The van der Waals surface area contributed by atoms with E-state index in [1.54, 1.807) is 7.11 Å². The van der Waals surface area contributed by atoms with Gasteiger partial charge < -0.3 is 15.2 Å². The second-order valence-electron chi connectivity index (χ2n) is 5.53. The Bertz CT molecular complexity index is 783. The maximum atomic E-state index is 5.94. The highest BCUT2D eigenvalue weighted by atomic mass is 16.5. The molecule has 0 aliphatic carbocycles. The van der Waals surface area contributed by atoms with E-state index in [4.69, 9.17) is 15.2 Å². The molecule has 0 spiro atoms. The minimum absolute atomic E-state index is 0.439. The lowest BCUT2D eigenvalue weighted by Crippen LogP contribution is -2.03. The van der Waals surface area contributed by atoms with Crippen LogP contribution in [0, 0.1) is 0 Å². The minimum Gasteiger partial charge on any atom is -0.497 e. The molecule has 122 valence electrons. The van der Waals surface area contributed by atoms with Crippen LogP contribution in [0.1, 0.15) is 11.1 Å². The summed E-state index contributed by atoms with van der Waals surface area (Å²) in [5.41, 5.74) is 10.3. The number of hydrogen-bond donors (Lipinski definition) is 1. The van der Waals surface area contributed by atoms with E-state index in [1.807, 2.05) is 60.7 Å². The van der Waals surface area contributed by atoms with Crippen LogP contribution in [0.5, 0.6) is 11.5 Å².